The number of ether oxygens (including phenoxy) is 1. The number of nitrogens with zero attached hydrogens (tertiary/aromatic N) is 2. The number of halogens is 1. The maximum atomic E-state index is 5.74. The van der Waals surface area contributed by atoms with Gasteiger partial charge in [-0.1, -0.05) is 31.5 Å². The highest BCUT2D eigenvalue weighted by Crippen LogP contribution is 2.26. The first-order valence-electron chi connectivity index (χ1n) is 10.6. The van der Waals surface area contributed by atoms with Crippen LogP contribution in [0.15, 0.2) is 52.1 Å². The fourth-order valence-corrected chi connectivity index (χ4v) is 3.97. The summed E-state index contributed by atoms with van der Waals surface area (Å²) in [5.74, 6) is 3.04. The van der Waals surface area contributed by atoms with Gasteiger partial charge < -0.3 is 19.8 Å². The van der Waals surface area contributed by atoms with Crippen LogP contribution in [0, 0.1) is 0 Å². The molecule has 1 saturated heterocycles. The van der Waals surface area contributed by atoms with Crippen molar-refractivity contribution in [2.45, 2.75) is 38.1 Å². The van der Waals surface area contributed by atoms with Gasteiger partial charge in [-0.25, -0.2) is 0 Å². The molecule has 6 nitrogen and oxygen atoms in total. The van der Waals surface area contributed by atoms with Crippen molar-refractivity contribution in [1.29, 1.82) is 0 Å². The molecule has 2 heterocycles. The molecule has 1 aromatic carbocycles. The third kappa shape index (κ3) is 6.63. The van der Waals surface area contributed by atoms with Crippen LogP contribution in [0.3, 0.4) is 0 Å². The van der Waals surface area contributed by atoms with Crippen molar-refractivity contribution in [3.05, 3.63) is 54.0 Å². The van der Waals surface area contributed by atoms with Crippen LogP contribution in [-0.4, -0.2) is 51.2 Å². The topological polar surface area (TPSA) is 62.0 Å². The Morgan fingerprint density at radius 1 is 1.10 bits per heavy atom. The molecule has 0 aliphatic carbocycles. The van der Waals surface area contributed by atoms with E-state index in [2.05, 4.69) is 39.6 Å². The summed E-state index contributed by atoms with van der Waals surface area (Å²) in [4.78, 5) is 6.92. The summed E-state index contributed by atoms with van der Waals surface area (Å²) in [5, 5.41) is 6.95. The number of piperidine rings is 1. The van der Waals surface area contributed by atoms with Gasteiger partial charge in [-0.3, -0.25) is 9.89 Å². The lowest BCUT2D eigenvalue weighted by atomic mass is 10.0. The zero-order chi connectivity index (χ0) is 20.5. The molecule has 2 unspecified atom stereocenters. The number of likely N-dealkylation sites (tertiary alicyclic amines) is 1. The number of benzene rings is 1. The van der Waals surface area contributed by atoms with Gasteiger partial charge in [0.15, 0.2) is 5.96 Å². The molecule has 0 bridgehead atoms. The van der Waals surface area contributed by atoms with Gasteiger partial charge in [-0.2, -0.15) is 0 Å². The molecule has 1 aliphatic rings. The highest BCUT2D eigenvalue weighted by atomic mass is 127. The summed E-state index contributed by atoms with van der Waals surface area (Å²) < 4.78 is 11.2. The lowest BCUT2D eigenvalue weighted by Crippen LogP contribution is -2.45. The van der Waals surface area contributed by atoms with Crippen molar-refractivity contribution in [3.8, 4) is 5.75 Å². The molecular formula is C23H35IN4O2. The summed E-state index contributed by atoms with van der Waals surface area (Å²) in [6.45, 7) is 5.96. The van der Waals surface area contributed by atoms with Gasteiger partial charge in [0.05, 0.1) is 19.4 Å². The van der Waals surface area contributed by atoms with Crippen LogP contribution in [0.4, 0.5) is 0 Å². The summed E-state index contributed by atoms with van der Waals surface area (Å²) in [6, 6.07) is 12.4. The van der Waals surface area contributed by atoms with Crippen LogP contribution in [0.25, 0.3) is 0 Å². The summed E-state index contributed by atoms with van der Waals surface area (Å²) in [7, 11) is 3.53. The van der Waals surface area contributed by atoms with Gasteiger partial charge in [0, 0.05) is 26.1 Å². The highest BCUT2D eigenvalue weighted by Gasteiger charge is 2.24. The summed E-state index contributed by atoms with van der Waals surface area (Å²) >= 11 is 0. The average molecular weight is 526 g/mol. The van der Waals surface area contributed by atoms with E-state index in [9.17, 15) is 0 Å². The number of methoxy groups -OCH3 is 1. The molecule has 30 heavy (non-hydrogen) atoms. The van der Waals surface area contributed by atoms with Crippen LogP contribution in [-0.2, 0) is 0 Å². The largest absolute Gasteiger partial charge is 0.496 e. The maximum absolute atomic E-state index is 5.74. The molecule has 2 N–H and O–H groups in total. The van der Waals surface area contributed by atoms with E-state index in [4.69, 9.17) is 9.15 Å². The first kappa shape index (κ1) is 24.5. The second-order valence-corrected chi connectivity index (χ2v) is 7.60. The minimum atomic E-state index is 0. The second-order valence-electron chi connectivity index (χ2n) is 7.60. The fourth-order valence-electron chi connectivity index (χ4n) is 3.97. The Balaban J connectivity index is 0.00000320. The average Bonchev–Trinajstić information content (AvgIpc) is 3.31. The quantitative estimate of drug-likeness (QED) is 0.304. The van der Waals surface area contributed by atoms with Crippen molar-refractivity contribution in [2.75, 3.05) is 40.3 Å². The van der Waals surface area contributed by atoms with Crippen molar-refractivity contribution < 1.29 is 9.15 Å². The van der Waals surface area contributed by atoms with E-state index in [1.165, 1.54) is 24.8 Å². The zero-order valence-electron chi connectivity index (χ0n) is 18.3. The normalized spacial score (nSPS) is 17.0. The second kappa shape index (κ2) is 12.8. The van der Waals surface area contributed by atoms with Crippen LogP contribution >= 0.6 is 24.0 Å². The number of hydrogen-bond donors (Lipinski definition) is 2. The van der Waals surface area contributed by atoms with Crippen molar-refractivity contribution in [2.24, 2.45) is 4.99 Å². The SMILES string of the molecule is CN=C(NCC(C)c1ccccc1OC)NCC(c1ccco1)N1CCCCC1.I. The smallest absolute Gasteiger partial charge is 0.191 e. The van der Waals surface area contributed by atoms with E-state index in [0.29, 0.717) is 5.92 Å². The van der Waals surface area contributed by atoms with E-state index in [1.807, 2.05) is 31.3 Å². The Morgan fingerprint density at radius 2 is 1.83 bits per heavy atom. The van der Waals surface area contributed by atoms with Crippen molar-refractivity contribution in [1.82, 2.24) is 15.5 Å². The third-order valence-corrected chi connectivity index (χ3v) is 5.64. The predicted octanol–water partition coefficient (Wildman–Crippen LogP) is 4.40. The Hall–Kier alpha value is -1.74. The number of guanidine groups is 1. The maximum Gasteiger partial charge on any atom is 0.191 e. The first-order chi connectivity index (χ1) is 14.2. The molecule has 3 rings (SSSR count). The molecule has 0 spiro atoms. The van der Waals surface area contributed by atoms with Crippen molar-refractivity contribution in [3.63, 3.8) is 0 Å². The van der Waals surface area contributed by atoms with Gasteiger partial charge in [-0.15, -0.1) is 24.0 Å². The number of para-hydroxylation sites is 1. The number of hydrogen-bond acceptors (Lipinski definition) is 4. The van der Waals surface area contributed by atoms with E-state index in [0.717, 1.165) is 43.6 Å². The number of aliphatic imine (C=N–C) groups is 1. The molecule has 1 aliphatic heterocycles. The Bertz CT molecular complexity index is 760. The Kier molecular flexibility index (Phi) is 10.5. The van der Waals surface area contributed by atoms with Gasteiger partial charge in [-0.05, 0) is 49.7 Å². The Labute approximate surface area is 197 Å². The molecule has 1 aromatic heterocycles. The van der Waals surface area contributed by atoms with Crippen LogP contribution in [0.1, 0.15) is 49.5 Å². The van der Waals surface area contributed by atoms with E-state index < -0.39 is 0 Å². The minimum absolute atomic E-state index is 0. The van der Waals surface area contributed by atoms with Gasteiger partial charge in [0.2, 0.25) is 0 Å². The predicted molar refractivity (Wildman–Crippen MR) is 133 cm³/mol. The van der Waals surface area contributed by atoms with Gasteiger partial charge in [0.25, 0.3) is 0 Å². The number of rotatable bonds is 8. The molecule has 2 atom stereocenters. The van der Waals surface area contributed by atoms with Crippen molar-refractivity contribution >= 4 is 29.9 Å². The fraction of sp³-hybridized carbons (Fsp3) is 0.522. The molecule has 2 aromatic rings. The van der Waals surface area contributed by atoms with Gasteiger partial charge >= 0.3 is 0 Å². The standard InChI is InChI=1S/C23H34N4O2.HI/c1-18(19-10-5-6-11-21(19)28-3)16-25-23(24-2)26-17-20(22-12-9-15-29-22)27-13-7-4-8-14-27;/h5-6,9-12,15,18,20H,4,7-8,13-14,16-17H2,1-3H3,(H2,24,25,26);1H. The monoisotopic (exact) mass is 526 g/mol. The third-order valence-electron chi connectivity index (χ3n) is 5.64. The van der Waals surface area contributed by atoms with Crippen LogP contribution in [0.5, 0.6) is 5.75 Å². The zero-order valence-corrected chi connectivity index (χ0v) is 20.6. The molecule has 166 valence electrons. The molecule has 1 fully saturated rings. The Morgan fingerprint density at radius 3 is 2.50 bits per heavy atom. The lowest BCUT2D eigenvalue weighted by Gasteiger charge is -2.33. The highest BCUT2D eigenvalue weighted by molar-refractivity contribution is 14.0. The van der Waals surface area contributed by atoms with Crippen LogP contribution in [0.2, 0.25) is 0 Å². The number of nitrogens with one attached hydrogen (secondary N) is 2. The van der Waals surface area contributed by atoms with Gasteiger partial charge in [0.1, 0.15) is 11.5 Å². The molecule has 0 saturated carbocycles. The van der Waals surface area contributed by atoms with E-state index in [1.54, 1.807) is 13.4 Å². The molecule has 0 amide bonds. The minimum Gasteiger partial charge on any atom is -0.496 e. The molecule has 0 radical (unpaired) electrons. The van der Waals surface area contributed by atoms with E-state index in [-0.39, 0.29) is 30.0 Å². The summed E-state index contributed by atoms with van der Waals surface area (Å²) in [5.41, 5.74) is 1.19. The first-order valence-corrected chi connectivity index (χ1v) is 10.6. The molecular weight excluding hydrogens is 491 g/mol. The number of furan rings is 1. The summed E-state index contributed by atoms with van der Waals surface area (Å²) in [6.07, 6.45) is 5.58. The lowest BCUT2D eigenvalue weighted by molar-refractivity contribution is 0.146. The molecule has 7 heteroatoms. The van der Waals surface area contributed by atoms with Crippen LogP contribution < -0.4 is 15.4 Å². The van der Waals surface area contributed by atoms with E-state index >= 15 is 0 Å².